The molecule has 0 atom stereocenters. The van der Waals surface area contributed by atoms with Gasteiger partial charge in [0.05, 0.1) is 10.8 Å². The van der Waals surface area contributed by atoms with E-state index in [2.05, 4.69) is 22.3 Å². The normalized spacial score (nSPS) is 14.7. The zero-order chi connectivity index (χ0) is 16.8. The van der Waals surface area contributed by atoms with E-state index in [1.54, 1.807) is 0 Å². The Kier molecular flexibility index (Phi) is 6.18. The van der Waals surface area contributed by atoms with Crippen LogP contribution in [-0.2, 0) is 11.3 Å². The van der Waals surface area contributed by atoms with E-state index in [1.165, 1.54) is 43.3 Å². The maximum Gasteiger partial charge on any atom is 0.234 e. The standard InChI is InChI=1S/C19H21ClN2OS/c20-17-5-1-2-6-18(17)24-14-19(23)21-16-9-7-15(8-10-16)13-22-11-3-4-12-22/h1-2,5-10H,3-4,11-14H2,(H,21,23). The Morgan fingerprint density at radius 1 is 1.08 bits per heavy atom. The van der Waals surface area contributed by atoms with E-state index in [9.17, 15) is 4.79 Å². The molecule has 3 nitrogen and oxygen atoms in total. The maximum absolute atomic E-state index is 12.1. The van der Waals surface area contributed by atoms with Crippen molar-refractivity contribution in [3.8, 4) is 0 Å². The van der Waals surface area contributed by atoms with Crippen molar-refractivity contribution < 1.29 is 4.79 Å². The topological polar surface area (TPSA) is 32.3 Å². The van der Waals surface area contributed by atoms with Crippen molar-refractivity contribution in [1.82, 2.24) is 4.90 Å². The van der Waals surface area contributed by atoms with Gasteiger partial charge in [-0.1, -0.05) is 35.9 Å². The number of carbonyl (C=O) groups is 1. The third-order valence-electron chi connectivity index (χ3n) is 4.04. The lowest BCUT2D eigenvalue weighted by Crippen LogP contribution is -2.18. The van der Waals surface area contributed by atoms with Gasteiger partial charge in [-0.05, 0) is 55.8 Å². The predicted molar refractivity (Wildman–Crippen MR) is 102 cm³/mol. The maximum atomic E-state index is 12.1. The molecule has 0 saturated carbocycles. The Hall–Kier alpha value is -1.49. The third kappa shape index (κ3) is 5.00. The largest absolute Gasteiger partial charge is 0.325 e. The Bertz CT molecular complexity index is 684. The Balaban J connectivity index is 1.48. The van der Waals surface area contributed by atoms with E-state index in [0.29, 0.717) is 10.8 Å². The van der Waals surface area contributed by atoms with Gasteiger partial charge in [0.15, 0.2) is 0 Å². The molecular weight excluding hydrogens is 340 g/mol. The minimum Gasteiger partial charge on any atom is -0.325 e. The summed E-state index contributed by atoms with van der Waals surface area (Å²) in [6.45, 7) is 3.38. The molecule has 1 aliphatic rings. The van der Waals surface area contributed by atoms with Crippen LogP contribution in [0.15, 0.2) is 53.4 Å². The molecule has 1 saturated heterocycles. The average Bonchev–Trinajstić information content (AvgIpc) is 3.09. The minimum absolute atomic E-state index is 0.0211. The highest BCUT2D eigenvalue weighted by Crippen LogP contribution is 2.26. The summed E-state index contributed by atoms with van der Waals surface area (Å²) in [5.74, 6) is 0.325. The highest BCUT2D eigenvalue weighted by atomic mass is 35.5. The van der Waals surface area contributed by atoms with Gasteiger partial charge in [0, 0.05) is 17.1 Å². The second-order valence-electron chi connectivity index (χ2n) is 5.95. The first-order valence-electron chi connectivity index (χ1n) is 8.19. The van der Waals surface area contributed by atoms with Crippen molar-refractivity contribution in [1.29, 1.82) is 0 Å². The first-order valence-corrected chi connectivity index (χ1v) is 9.55. The lowest BCUT2D eigenvalue weighted by molar-refractivity contribution is -0.113. The Labute approximate surface area is 152 Å². The van der Waals surface area contributed by atoms with Crippen LogP contribution in [0.3, 0.4) is 0 Å². The summed E-state index contributed by atoms with van der Waals surface area (Å²) in [5.41, 5.74) is 2.13. The molecule has 0 radical (unpaired) electrons. The van der Waals surface area contributed by atoms with E-state index in [1.807, 2.05) is 36.4 Å². The quantitative estimate of drug-likeness (QED) is 0.760. The first-order chi connectivity index (χ1) is 11.7. The molecule has 126 valence electrons. The van der Waals surface area contributed by atoms with Gasteiger partial charge in [-0.25, -0.2) is 0 Å². The molecule has 0 aliphatic carbocycles. The van der Waals surface area contributed by atoms with Crippen molar-refractivity contribution in [3.63, 3.8) is 0 Å². The van der Waals surface area contributed by atoms with Gasteiger partial charge in [0.25, 0.3) is 0 Å². The van der Waals surface area contributed by atoms with Crippen LogP contribution < -0.4 is 5.32 Å². The molecule has 1 N–H and O–H groups in total. The monoisotopic (exact) mass is 360 g/mol. The fourth-order valence-corrected chi connectivity index (χ4v) is 3.83. The summed E-state index contributed by atoms with van der Waals surface area (Å²) >= 11 is 7.55. The molecule has 0 bridgehead atoms. The van der Waals surface area contributed by atoms with E-state index in [-0.39, 0.29) is 5.91 Å². The molecular formula is C19H21ClN2OS. The number of thioether (sulfide) groups is 1. The summed E-state index contributed by atoms with van der Waals surface area (Å²) in [5, 5.41) is 3.62. The van der Waals surface area contributed by atoms with E-state index in [0.717, 1.165) is 17.1 Å². The number of anilines is 1. The van der Waals surface area contributed by atoms with Crippen LogP contribution in [0.5, 0.6) is 0 Å². The second kappa shape index (κ2) is 8.56. The number of hydrogen-bond acceptors (Lipinski definition) is 3. The Morgan fingerprint density at radius 3 is 2.50 bits per heavy atom. The van der Waals surface area contributed by atoms with Crippen LogP contribution in [0, 0.1) is 0 Å². The minimum atomic E-state index is -0.0211. The molecule has 2 aromatic rings. The van der Waals surface area contributed by atoms with E-state index >= 15 is 0 Å². The number of benzene rings is 2. The highest BCUT2D eigenvalue weighted by Gasteiger charge is 2.11. The molecule has 1 fully saturated rings. The summed E-state index contributed by atoms with van der Waals surface area (Å²) in [6.07, 6.45) is 2.61. The molecule has 0 spiro atoms. The molecule has 0 aromatic heterocycles. The Morgan fingerprint density at radius 2 is 1.79 bits per heavy atom. The van der Waals surface area contributed by atoms with Gasteiger partial charge in [-0.15, -0.1) is 11.8 Å². The highest BCUT2D eigenvalue weighted by molar-refractivity contribution is 8.00. The van der Waals surface area contributed by atoms with Gasteiger partial charge in [0.2, 0.25) is 5.91 Å². The summed E-state index contributed by atoms with van der Waals surface area (Å²) < 4.78 is 0. The van der Waals surface area contributed by atoms with Crippen molar-refractivity contribution in [2.24, 2.45) is 0 Å². The molecule has 3 rings (SSSR count). The zero-order valence-corrected chi connectivity index (χ0v) is 15.1. The molecule has 5 heteroatoms. The average molecular weight is 361 g/mol. The van der Waals surface area contributed by atoms with E-state index in [4.69, 9.17) is 11.6 Å². The summed E-state index contributed by atoms with van der Waals surface area (Å²) in [4.78, 5) is 15.5. The molecule has 0 unspecified atom stereocenters. The molecule has 24 heavy (non-hydrogen) atoms. The van der Waals surface area contributed by atoms with Gasteiger partial charge in [-0.3, -0.25) is 9.69 Å². The van der Waals surface area contributed by atoms with Gasteiger partial charge in [0.1, 0.15) is 0 Å². The number of nitrogens with one attached hydrogen (secondary N) is 1. The fourth-order valence-electron chi connectivity index (χ4n) is 2.79. The predicted octanol–water partition coefficient (Wildman–Crippen LogP) is 4.67. The fraction of sp³-hybridized carbons (Fsp3) is 0.316. The van der Waals surface area contributed by atoms with Crippen LogP contribution in [0.2, 0.25) is 5.02 Å². The van der Waals surface area contributed by atoms with Crippen LogP contribution in [0.4, 0.5) is 5.69 Å². The second-order valence-corrected chi connectivity index (χ2v) is 7.37. The SMILES string of the molecule is O=C(CSc1ccccc1Cl)Nc1ccc(CN2CCCC2)cc1. The molecule has 1 aliphatic heterocycles. The molecule has 2 aromatic carbocycles. The van der Waals surface area contributed by atoms with Crippen LogP contribution in [0.1, 0.15) is 18.4 Å². The van der Waals surface area contributed by atoms with Gasteiger partial charge < -0.3 is 5.32 Å². The number of rotatable bonds is 6. The number of carbonyl (C=O) groups excluding carboxylic acids is 1. The smallest absolute Gasteiger partial charge is 0.234 e. The van der Waals surface area contributed by atoms with Crippen molar-refractivity contribution in [2.75, 3.05) is 24.2 Å². The van der Waals surface area contributed by atoms with Crippen molar-refractivity contribution >= 4 is 35.0 Å². The zero-order valence-electron chi connectivity index (χ0n) is 13.5. The van der Waals surface area contributed by atoms with Crippen molar-refractivity contribution in [2.45, 2.75) is 24.3 Å². The van der Waals surface area contributed by atoms with Crippen LogP contribution in [-0.4, -0.2) is 29.6 Å². The molecule has 1 heterocycles. The van der Waals surface area contributed by atoms with Gasteiger partial charge >= 0.3 is 0 Å². The number of likely N-dealkylation sites (tertiary alicyclic amines) is 1. The number of halogens is 1. The number of amides is 1. The van der Waals surface area contributed by atoms with E-state index < -0.39 is 0 Å². The number of hydrogen-bond donors (Lipinski definition) is 1. The lowest BCUT2D eigenvalue weighted by Gasteiger charge is -2.14. The van der Waals surface area contributed by atoms with Crippen LogP contribution in [0.25, 0.3) is 0 Å². The molecule has 1 amide bonds. The lowest BCUT2D eigenvalue weighted by atomic mass is 10.2. The van der Waals surface area contributed by atoms with Gasteiger partial charge in [-0.2, -0.15) is 0 Å². The summed E-state index contributed by atoms with van der Waals surface area (Å²) in [7, 11) is 0. The van der Waals surface area contributed by atoms with Crippen LogP contribution >= 0.6 is 23.4 Å². The first kappa shape index (κ1) is 17.3. The third-order valence-corrected chi connectivity index (χ3v) is 5.55. The van der Waals surface area contributed by atoms with Crippen molar-refractivity contribution in [3.05, 3.63) is 59.1 Å². The summed E-state index contributed by atoms with van der Waals surface area (Å²) in [6, 6.07) is 15.7. The number of nitrogens with zero attached hydrogens (tertiary/aromatic N) is 1.